The molecule has 0 spiro atoms. The Morgan fingerprint density at radius 2 is 2.00 bits per heavy atom. The zero-order valence-corrected chi connectivity index (χ0v) is 12.4. The highest BCUT2D eigenvalue weighted by atomic mass is 16.5. The highest BCUT2D eigenvalue weighted by molar-refractivity contribution is 5.27. The number of rotatable bonds is 6. The number of hydrogen-bond acceptors (Lipinski definition) is 5. The van der Waals surface area contributed by atoms with Gasteiger partial charge >= 0.3 is 0 Å². The van der Waals surface area contributed by atoms with Crippen LogP contribution in [0.3, 0.4) is 0 Å². The molecule has 110 valence electrons. The maximum Gasteiger partial charge on any atom is 0.240 e. The third kappa shape index (κ3) is 2.46. The average molecular weight is 277 g/mol. The summed E-state index contributed by atoms with van der Waals surface area (Å²) in [5.41, 5.74) is 0.918. The predicted octanol–water partition coefficient (Wildman–Crippen LogP) is 2.19. The Bertz CT molecular complexity index is 470. The van der Waals surface area contributed by atoms with E-state index >= 15 is 0 Å². The van der Waals surface area contributed by atoms with Gasteiger partial charge in [0.25, 0.3) is 0 Å². The van der Waals surface area contributed by atoms with E-state index in [0.717, 1.165) is 24.1 Å². The molecular formula is C15H23N3O2. The van der Waals surface area contributed by atoms with E-state index in [2.05, 4.69) is 22.2 Å². The first-order chi connectivity index (χ1) is 9.76. The highest BCUT2D eigenvalue weighted by Gasteiger charge is 2.48. The normalized spacial score (nSPS) is 28.9. The van der Waals surface area contributed by atoms with Crippen molar-refractivity contribution in [3.8, 4) is 11.8 Å². The molecule has 0 aromatic carbocycles. The van der Waals surface area contributed by atoms with Crippen LogP contribution < -0.4 is 14.8 Å². The Hall–Kier alpha value is -1.36. The molecule has 3 rings (SSSR count). The molecule has 1 aromatic heterocycles. The molecule has 0 saturated heterocycles. The zero-order valence-electron chi connectivity index (χ0n) is 12.4. The topological polar surface area (TPSA) is 56.3 Å². The first-order valence-corrected chi connectivity index (χ1v) is 7.45. The van der Waals surface area contributed by atoms with E-state index in [-0.39, 0.29) is 6.04 Å². The van der Waals surface area contributed by atoms with Crippen molar-refractivity contribution >= 4 is 0 Å². The molecule has 0 aliphatic heterocycles. The van der Waals surface area contributed by atoms with Gasteiger partial charge in [0.05, 0.1) is 26.5 Å². The smallest absolute Gasteiger partial charge is 0.240 e. The molecule has 3 unspecified atom stereocenters. The molecule has 2 aliphatic rings. The van der Waals surface area contributed by atoms with Gasteiger partial charge in [-0.25, -0.2) is 4.98 Å². The second-order valence-electron chi connectivity index (χ2n) is 5.83. The molecular weight excluding hydrogens is 254 g/mol. The van der Waals surface area contributed by atoms with Crippen LogP contribution in [0.4, 0.5) is 0 Å². The van der Waals surface area contributed by atoms with E-state index < -0.39 is 0 Å². The van der Waals surface area contributed by atoms with Crippen molar-refractivity contribution < 1.29 is 9.47 Å². The fraction of sp³-hybridized carbons (Fsp3) is 0.733. The first-order valence-electron chi connectivity index (χ1n) is 7.45. The minimum Gasteiger partial charge on any atom is -0.480 e. The average Bonchev–Trinajstić information content (AvgIpc) is 3.10. The van der Waals surface area contributed by atoms with Crippen molar-refractivity contribution in [2.45, 2.75) is 32.2 Å². The number of nitrogens with one attached hydrogen (secondary N) is 1. The quantitative estimate of drug-likeness (QED) is 0.864. The lowest BCUT2D eigenvalue weighted by Gasteiger charge is -2.26. The minimum atomic E-state index is 0.237. The lowest BCUT2D eigenvalue weighted by Crippen LogP contribution is -2.29. The fourth-order valence-corrected chi connectivity index (χ4v) is 3.57. The second kappa shape index (κ2) is 5.56. The summed E-state index contributed by atoms with van der Waals surface area (Å²) >= 11 is 0. The molecule has 0 amide bonds. The van der Waals surface area contributed by atoms with Crippen LogP contribution in [0.25, 0.3) is 0 Å². The van der Waals surface area contributed by atoms with Gasteiger partial charge in [0.2, 0.25) is 11.8 Å². The van der Waals surface area contributed by atoms with Crippen LogP contribution in [-0.4, -0.2) is 30.7 Å². The van der Waals surface area contributed by atoms with Crippen molar-refractivity contribution in [1.82, 2.24) is 15.3 Å². The Kier molecular flexibility index (Phi) is 3.78. The standard InChI is InChI=1S/C15H23N3O2/c1-4-16-13(11-6-9-5-10(9)7-11)14-15(20-3)18-12(19-2)8-17-14/h8-11,13,16H,4-7H2,1-3H3. The second-order valence-corrected chi connectivity index (χ2v) is 5.83. The third-order valence-electron chi connectivity index (χ3n) is 4.62. The monoisotopic (exact) mass is 277 g/mol. The predicted molar refractivity (Wildman–Crippen MR) is 75.9 cm³/mol. The first kappa shape index (κ1) is 13.6. The van der Waals surface area contributed by atoms with E-state index in [0.29, 0.717) is 17.7 Å². The SMILES string of the molecule is CCNC(c1ncc(OC)nc1OC)C1CC2CC2C1. The van der Waals surface area contributed by atoms with Crippen LogP contribution in [0.2, 0.25) is 0 Å². The van der Waals surface area contributed by atoms with E-state index in [4.69, 9.17) is 9.47 Å². The van der Waals surface area contributed by atoms with Crippen LogP contribution in [-0.2, 0) is 0 Å². The third-order valence-corrected chi connectivity index (χ3v) is 4.62. The van der Waals surface area contributed by atoms with Crippen LogP contribution in [0.15, 0.2) is 6.20 Å². The molecule has 2 saturated carbocycles. The van der Waals surface area contributed by atoms with Gasteiger partial charge in [-0.05, 0) is 43.6 Å². The zero-order chi connectivity index (χ0) is 14.1. The minimum absolute atomic E-state index is 0.237. The molecule has 1 heterocycles. The van der Waals surface area contributed by atoms with Crippen molar-refractivity contribution in [3.63, 3.8) is 0 Å². The van der Waals surface area contributed by atoms with Crippen LogP contribution in [0.5, 0.6) is 11.8 Å². The summed E-state index contributed by atoms with van der Waals surface area (Å²) in [6.07, 6.45) is 5.72. The molecule has 0 radical (unpaired) electrons. The summed E-state index contributed by atoms with van der Waals surface area (Å²) in [7, 11) is 3.23. The molecule has 5 nitrogen and oxygen atoms in total. The molecule has 5 heteroatoms. The van der Waals surface area contributed by atoms with E-state index in [1.807, 2.05) is 0 Å². The van der Waals surface area contributed by atoms with E-state index in [1.54, 1.807) is 20.4 Å². The van der Waals surface area contributed by atoms with E-state index in [1.165, 1.54) is 19.3 Å². The summed E-state index contributed by atoms with van der Waals surface area (Å²) < 4.78 is 10.5. The number of nitrogens with zero attached hydrogens (tertiary/aromatic N) is 2. The summed E-state index contributed by atoms with van der Waals surface area (Å²) in [5, 5.41) is 3.57. The Morgan fingerprint density at radius 1 is 1.25 bits per heavy atom. The van der Waals surface area contributed by atoms with Crippen molar-refractivity contribution in [2.75, 3.05) is 20.8 Å². The Labute approximate surface area is 120 Å². The van der Waals surface area contributed by atoms with Gasteiger partial charge in [-0.2, -0.15) is 4.98 Å². The number of methoxy groups -OCH3 is 2. The van der Waals surface area contributed by atoms with Crippen LogP contribution in [0.1, 0.15) is 37.9 Å². The number of ether oxygens (including phenoxy) is 2. The van der Waals surface area contributed by atoms with Gasteiger partial charge in [-0.15, -0.1) is 0 Å². The summed E-state index contributed by atoms with van der Waals surface area (Å²) in [6, 6.07) is 0.237. The van der Waals surface area contributed by atoms with Crippen LogP contribution >= 0.6 is 0 Å². The Morgan fingerprint density at radius 3 is 2.60 bits per heavy atom. The van der Waals surface area contributed by atoms with Gasteiger partial charge in [-0.3, -0.25) is 0 Å². The van der Waals surface area contributed by atoms with Gasteiger partial charge in [0, 0.05) is 0 Å². The maximum absolute atomic E-state index is 5.42. The molecule has 3 atom stereocenters. The van der Waals surface area contributed by atoms with E-state index in [9.17, 15) is 0 Å². The van der Waals surface area contributed by atoms with Gasteiger partial charge in [0.1, 0.15) is 5.69 Å². The molecule has 1 N–H and O–H groups in total. The number of fused-ring (bicyclic) bond motifs is 1. The molecule has 2 aliphatic carbocycles. The molecule has 1 aromatic rings. The van der Waals surface area contributed by atoms with Gasteiger partial charge < -0.3 is 14.8 Å². The molecule has 20 heavy (non-hydrogen) atoms. The maximum atomic E-state index is 5.42. The van der Waals surface area contributed by atoms with Gasteiger partial charge in [-0.1, -0.05) is 6.92 Å². The Balaban J connectivity index is 1.86. The number of aromatic nitrogens is 2. The van der Waals surface area contributed by atoms with Crippen molar-refractivity contribution in [1.29, 1.82) is 0 Å². The highest BCUT2D eigenvalue weighted by Crippen LogP contribution is 2.57. The van der Waals surface area contributed by atoms with Gasteiger partial charge in [0.15, 0.2) is 0 Å². The fourth-order valence-electron chi connectivity index (χ4n) is 3.57. The number of hydrogen-bond donors (Lipinski definition) is 1. The lowest BCUT2D eigenvalue weighted by atomic mass is 9.92. The van der Waals surface area contributed by atoms with Crippen molar-refractivity contribution in [3.05, 3.63) is 11.9 Å². The molecule has 0 bridgehead atoms. The van der Waals surface area contributed by atoms with Crippen molar-refractivity contribution in [2.24, 2.45) is 17.8 Å². The largest absolute Gasteiger partial charge is 0.480 e. The summed E-state index contributed by atoms with van der Waals surface area (Å²) in [4.78, 5) is 8.92. The summed E-state index contributed by atoms with van der Waals surface area (Å²) in [6.45, 7) is 3.06. The van der Waals surface area contributed by atoms with Crippen LogP contribution in [0, 0.1) is 17.8 Å². The molecule has 2 fully saturated rings. The lowest BCUT2D eigenvalue weighted by molar-refractivity contribution is 0.310. The summed E-state index contributed by atoms with van der Waals surface area (Å²) in [5.74, 6) is 3.64.